The largest absolute Gasteiger partial charge is 0.416 e. The maximum Gasteiger partial charge on any atom is 0.416 e. The van der Waals surface area contributed by atoms with Gasteiger partial charge >= 0.3 is 12.4 Å². The molecule has 2 aliphatic rings. The van der Waals surface area contributed by atoms with Gasteiger partial charge < -0.3 is 20.6 Å². The van der Waals surface area contributed by atoms with Gasteiger partial charge in [-0.1, -0.05) is 18.2 Å². The summed E-state index contributed by atoms with van der Waals surface area (Å²) in [5.41, 5.74) is 5.74. The van der Waals surface area contributed by atoms with Crippen LogP contribution in [-0.2, 0) is 25.4 Å². The van der Waals surface area contributed by atoms with Crippen molar-refractivity contribution in [3.8, 4) is 0 Å². The Balaban J connectivity index is 1.60. The summed E-state index contributed by atoms with van der Waals surface area (Å²) >= 11 is 0. The van der Waals surface area contributed by atoms with E-state index in [1.54, 1.807) is 0 Å². The van der Waals surface area contributed by atoms with Crippen molar-refractivity contribution in [2.75, 3.05) is 24.5 Å². The zero-order valence-corrected chi connectivity index (χ0v) is 25.7. The molecular formula is C32H39F6N7O. The van der Waals surface area contributed by atoms with Crippen molar-refractivity contribution in [3.63, 3.8) is 0 Å². The number of pyridine rings is 1. The molecule has 0 radical (unpaired) electrons. The third-order valence-corrected chi connectivity index (χ3v) is 8.14. The molecule has 1 unspecified atom stereocenters. The number of fused-ring (bicyclic) bond motifs is 1. The minimum absolute atomic E-state index is 0.0342. The molecule has 5 N–H and O–H groups in total. The van der Waals surface area contributed by atoms with Crippen LogP contribution in [0.4, 0.5) is 32.2 Å². The molecule has 8 nitrogen and oxygen atoms in total. The molecule has 1 aromatic heterocycles. The van der Waals surface area contributed by atoms with E-state index in [2.05, 4.69) is 10.0 Å². The first-order valence-corrected chi connectivity index (χ1v) is 15.3. The van der Waals surface area contributed by atoms with Crippen molar-refractivity contribution in [2.24, 2.45) is 28.5 Å². The van der Waals surface area contributed by atoms with Gasteiger partial charge in [-0.3, -0.25) is 0 Å². The molecule has 1 atom stereocenters. The molecule has 1 heterocycles. The first kappa shape index (κ1) is 33.6. The van der Waals surface area contributed by atoms with Gasteiger partial charge in [0.2, 0.25) is 5.96 Å². The fraction of sp³-hybridized carbons (Fsp3) is 0.500. The fourth-order valence-electron chi connectivity index (χ4n) is 5.50. The smallest absolute Gasteiger partial charge is 0.391 e. The number of benzene rings is 2. The van der Waals surface area contributed by atoms with Crippen LogP contribution < -0.4 is 16.5 Å². The second-order valence-corrected chi connectivity index (χ2v) is 12.6. The number of rotatable bonds is 12. The molecule has 0 spiro atoms. The van der Waals surface area contributed by atoms with Crippen molar-refractivity contribution in [1.29, 1.82) is 0 Å². The van der Waals surface area contributed by atoms with E-state index >= 15 is 0 Å². The monoisotopic (exact) mass is 651 g/mol. The van der Waals surface area contributed by atoms with Crippen LogP contribution in [0.1, 0.15) is 60.4 Å². The molecule has 2 aromatic carbocycles. The summed E-state index contributed by atoms with van der Waals surface area (Å²) in [7, 11) is 0. The zero-order chi connectivity index (χ0) is 33.4. The number of nitrogens with two attached hydrogens (primary N) is 2. The lowest BCUT2D eigenvalue weighted by Crippen LogP contribution is -2.42. The third kappa shape index (κ3) is 8.72. The van der Waals surface area contributed by atoms with Crippen LogP contribution in [0.2, 0.25) is 0 Å². The number of aliphatic hydroxyl groups excluding tert-OH is 1. The summed E-state index contributed by atoms with van der Waals surface area (Å²) in [4.78, 5) is 8.74. The number of halogens is 6. The number of para-hydroxylation sites is 1. The van der Waals surface area contributed by atoms with E-state index in [1.807, 2.05) is 31.2 Å². The number of hydrazine groups is 1. The number of nitrogens with zero attached hydrogens (tertiary/aromatic N) is 5. The predicted molar refractivity (Wildman–Crippen MR) is 164 cm³/mol. The van der Waals surface area contributed by atoms with Crippen LogP contribution in [0.3, 0.4) is 0 Å². The van der Waals surface area contributed by atoms with E-state index in [0.29, 0.717) is 35.3 Å². The average Bonchev–Trinajstić information content (AvgIpc) is 3.88. The summed E-state index contributed by atoms with van der Waals surface area (Å²) in [5.74, 6) is 7.42. The second-order valence-electron chi connectivity index (χ2n) is 12.6. The molecule has 0 bridgehead atoms. The highest BCUT2D eigenvalue weighted by atomic mass is 19.4. The Morgan fingerprint density at radius 3 is 2.07 bits per heavy atom. The molecule has 46 heavy (non-hydrogen) atoms. The average molecular weight is 652 g/mol. The van der Waals surface area contributed by atoms with Crippen molar-refractivity contribution in [3.05, 3.63) is 70.3 Å². The first-order valence-electron chi connectivity index (χ1n) is 15.3. The fourth-order valence-corrected chi connectivity index (χ4v) is 5.50. The highest BCUT2D eigenvalue weighted by molar-refractivity contribution is 5.85. The standard InChI is InChI=1S/C32H39F6N7O/c1-19-4-3-5-24-12-25(29(41-28(19)24)43(15-21-6-7-21)16-22-8-9-22)18-44(30(39)42-45(40)14-20(2)46)17-23-10-26(31(33,34)35)13-27(11-23)32(36,37)38/h3-5,10-13,20-22,46H,6-9,14-18,40H2,1-2H3,(H2,39,42). The maximum atomic E-state index is 13.7. The highest BCUT2D eigenvalue weighted by Crippen LogP contribution is 2.39. The summed E-state index contributed by atoms with van der Waals surface area (Å²) in [6, 6.07) is 9.17. The molecule has 2 saturated carbocycles. The van der Waals surface area contributed by atoms with Gasteiger partial charge in [-0.25, -0.2) is 15.9 Å². The van der Waals surface area contributed by atoms with Gasteiger partial charge in [-0.15, -0.1) is 5.10 Å². The van der Waals surface area contributed by atoms with Crippen LogP contribution in [-0.4, -0.2) is 51.8 Å². The van der Waals surface area contributed by atoms with E-state index in [1.165, 1.54) is 11.8 Å². The van der Waals surface area contributed by atoms with Crippen LogP contribution in [0.5, 0.6) is 0 Å². The van der Waals surface area contributed by atoms with Crippen LogP contribution in [0.25, 0.3) is 10.9 Å². The Morgan fingerprint density at radius 2 is 1.54 bits per heavy atom. The van der Waals surface area contributed by atoms with Crippen LogP contribution in [0, 0.1) is 18.8 Å². The number of aliphatic hydroxyl groups is 1. The van der Waals surface area contributed by atoms with Crippen molar-refractivity contribution in [1.82, 2.24) is 15.0 Å². The predicted octanol–water partition coefficient (Wildman–Crippen LogP) is 6.00. The molecule has 14 heteroatoms. The second kappa shape index (κ2) is 13.1. The van der Waals surface area contributed by atoms with Crippen molar-refractivity contribution in [2.45, 2.75) is 71.1 Å². The number of alkyl halides is 6. The molecule has 3 aromatic rings. The van der Waals surface area contributed by atoms with Gasteiger partial charge in [0.15, 0.2) is 0 Å². The van der Waals surface area contributed by atoms with E-state index < -0.39 is 36.1 Å². The van der Waals surface area contributed by atoms with Crippen LogP contribution >= 0.6 is 0 Å². The van der Waals surface area contributed by atoms with Gasteiger partial charge in [-0.2, -0.15) is 26.3 Å². The van der Waals surface area contributed by atoms with Crippen molar-refractivity contribution < 1.29 is 31.4 Å². The summed E-state index contributed by atoms with van der Waals surface area (Å²) in [5, 5.41) is 15.6. The lowest BCUT2D eigenvalue weighted by molar-refractivity contribution is -0.143. The van der Waals surface area contributed by atoms with E-state index in [9.17, 15) is 31.4 Å². The minimum atomic E-state index is -5.01. The normalized spacial score (nSPS) is 16.5. The number of hydrazone groups is 1. The summed E-state index contributed by atoms with van der Waals surface area (Å²) in [6.07, 6.45) is -6.45. The SMILES string of the molecule is Cc1cccc2cc(CN(Cc3cc(C(F)(F)F)cc(C(F)(F)F)c3)/C(N)=N/N(N)CC(C)O)c(N(CC3CC3)CC3CC3)nc12. The Labute approximate surface area is 263 Å². The number of hydrogen-bond acceptors (Lipinski definition) is 6. The lowest BCUT2D eigenvalue weighted by atomic mass is 10.0. The molecular weight excluding hydrogens is 612 g/mol. The topological polar surface area (TPSA) is 107 Å². The maximum absolute atomic E-state index is 13.7. The lowest BCUT2D eigenvalue weighted by Gasteiger charge is -2.30. The number of guanidine groups is 1. The Kier molecular flexibility index (Phi) is 9.60. The van der Waals surface area contributed by atoms with E-state index in [-0.39, 0.29) is 30.7 Å². The molecule has 0 saturated heterocycles. The number of aromatic nitrogens is 1. The number of hydrogen-bond donors (Lipinski definition) is 3. The molecule has 0 aliphatic heterocycles. The van der Waals surface area contributed by atoms with Gasteiger partial charge in [0, 0.05) is 37.1 Å². The summed E-state index contributed by atoms with van der Waals surface area (Å²) < 4.78 is 82.3. The third-order valence-electron chi connectivity index (χ3n) is 8.14. The molecule has 5 rings (SSSR count). The van der Waals surface area contributed by atoms with Crippen LogP contribution in [0.15, 0.2) is 47.6 Å². The van der Waals surface area contributed by atoms with Gasteiger partial charge in [-0.05, 0) is 86.8 Å². The molecule has 2 aliphatic carbocycles. The van der Waals surface area contributed by atoms with Gasteiger partial charge in [0.1, 0.15) is 5.82 Å². The zero-order valence-electron chi connectivity index (χ0n) is 25.7. The Hall–Kier alpha value is -3.78. The number of aryl methyl sites for hydroxylation is 1. The Morgan fingerprint density at radius 1 is 0.957 bits per heavy atom. The van der Waals surface area contributed by atoms with E-state index in [0.717, 1.165) is 60.4 Å². The van der Waals surface area contributed by atoms with E-state index in [4.69, 9.17) is 16.6 Å². The van der Waals surface area contributed by atoms with Crippen molar-refractivity contribution >= 4 is 22.7 Å². The molecule has 0 amide bonds. The molecule has 250 valence electrons. The highest BCUT2D eigenvalue weighted by Gasteiger charge is 2.37. The Bertz CT molecular complexity index is 1520. The quantitative estimate of drug-likeness (QED) is 0.0726. The molecule has 2 fully saturated rings. The first-order chi connectivity index (χ1) is 21.6. The minimum Gasteiger partial charge on any atom is -0.391 e. The van der Waals surface area contributed by atoms with Gasteiger partial charge in [0.05, 0.1) is 29.3 Å². The number of anilines is 1. The van der Waals surface area contributed by atoms with Gasteiger partial charge in [0.25, 0.3) is 0 Å². The summed E-state index contributed by atoms with van der Waals surface area (Å²) in [6.45, 7) is 4.44.